The first-order valence-corrected chi connectivity index (χ1v) is 11.8. The van der Waals surface area contributed by atoms with Crippen LogP contribution in [0.3, 0.4) is 0 Å². The highest BCUT2D eigenvalue weighted by molar-refractivity contribution is 6.16. The van der Waals surface area contributed by atoms with E-state index in [0.29, 0.717) is 28.4 Å². The van der Waals surface area contributed by atoms with E-state index in [4.69, 9.17) is 14.2 Å². The second kappa shape index (κ2) is 11.9. The van der Waals surface area contributed by atoms with Gasteiger partial charge in [0.25, 0.3) is 11.8 Å². The summed E-state index contributed by atoms with van der Waals surface area (Å²) in [7, 11) is 2.81. The molecule has 1 aromatic heterocycles. The van der Waals surface area contributed by atoms with E-state index in [9.17, 15) is 14.4 Å². The molecule has 0 atom stereocenters. The first-order chi connectivity index (χ1) is 18.4. The van der Waals surface area contributed by atoms with Crippen molar-refractivity contribution in [1.29, 1.82) is 0 Å². The van der Waals surface area contributed by atoms with E-state index in [1.165, 1.54) is 19.1 Å². The normalized spacial score (nSPS) is 14.0. The summed E-state index contributed by atoms with van der Waals surface area (Å²) < 4.78 is 15.8. The van der Waals surface area contributed by atoms with Crippen LogP contribution in [-0.4, -0.2) is 48.5 Å². The van der Waals surface area contributed by atoms with Crippen molar-refractivity contribution in [1.82, 2.24) is 9.88 Å². The molecular weight excluding hydrogens is 486 g/mol. The highest BCUT2D eigenvalue weighted by Crippen LogP contribution is 2.33. The lowest BCUT2D eigenvalue weighted by atomic mass is 10.0. The summed E-state index contributed by atoms with van der Waals surface area (Å²) in [6.45, 7) is 1.79. The van der Waals surface area contributed by atoms with E-state index in [-0.39, 0.29) is 36.1 Å². The number of benzene rings is 2. The van der Waals surface area contributed by atoms with Gasteiger partial charge >= 0.3 is 5.97 Å². The van der Waals surface area contributed by atoms with Crippen LogP contribution in [-0.2, 0) is 25.7 Å². The van der Waals surface area contributed by atoms with E-state index < -0.39 is 5.97 Å². The summed E-state index contributed by atoms with van der Waals surface area (Å²) in [4.78, 5) is 43.8. The zero-order valence-electron chi connectivity index (χ0n) is 21.3. The maximum absolute atomic E-state index is 13.3. The molecule has 0 unspecified atom stereocenters. The van der Waals surface area contributed by atoms with Gasteiger partial charge in [0.2, 0.25) is 0 Å². The Hall–Kier alpha value is -4.92. The Labute approximate surface area is 220 Å². The summed E-state index contributed by atoms with van der Waals surface area (Å²) in [5.74, 6) is -0.210. The Balaban J connectivity index is 1.46. The number of methoxy groups -OCH3 is 2. The van der Waals surface area contributed by atoms with Crippen LogP contribution >= 0.6 is 0 Å². The number of hydrogen-bond acceptors (Lipinski definition) is 7. The third kappa shape index (κ3) is 5.89. The summed E-state index contributed by atoms with van der Waals surface area (Å²) in [5.41, 5.74) is 3.03. The molecule has 4 rings (SSSR count). The van der Waals surface area contributed by atoms with E-state index in [2.05, 4.69) is 10.3 Å². The Kier molecular flexibility index (Phi) is 8.17. The SMILES string of the molecule is COC(=O)C1=C(C)N(Cc2cccnc2)C(=O)/C1=C\c1ccc(OCC(=O)Nc2ccccc2OC)cc1. The van der Waals surface area contributed by atoms with Crippen LogP contribution in [0.2, 0.25) is 0 Å². The fourth-order valence-corrected chi connectivity index (χ4v) is 4.00. The number of rotatable bonds is 9. The number of allylic oxidation sites excluding steroid dienone is 1. The molecule has 0 spiro atoms. The summed E-state index contributed by atoms with van der Waals surface area (Å²) >= 11 is 0. The standard InChI is InChI=1S/C29H27N3O6/c1-19-27(29(35)37-3)23(28(34)32(19)17-21-7-6-14-30-16-21)15-20-10-12-22(13-11-20)38-18-26(33)31-24-8-4-5-9-25(24)36-2/h4-16H,17-18H2,1-3H3,(H,31,33)/b23-15-. The van der Waals surface area contributed by atoms with Gasteiger partial charge in [0.05, 0.1) is 37.6 Å². The van der Waals surface area contributed by atoms with Crippen LogP contribution in [0.15, 0.2) is 89.9 Å². The van der Waals surface area contributed by atoms with Crippen LogP contribution in [0.1, 0.15) is 18.1 Å². The third-order valence-corrected chi connectivity index (χ3v) is 5.91. The highest BCUT2D eigenvalue weighted by atomic mass is 16.5. The monoisotopic (exact) mass is 513 g/mol. The number of pyridine rings is 1. The number of ether oxygens (including phenoxy) is 3. The van der Waals surface area contributed by atoms with Crippen molar-refractivity contribution in [3.05, 3.63) is 101 Å². The highest BCUT2D eigenvalue weighted by Gasteiger charge is 2.37. The molecule has 1 aliphatic heterocycles. The lowest BCUT2D eigenvalue weighted by molar-refractivity contribution is -0.136. The molecule has 0 aliphatic carbocycles. The Morgan fingerprint density at radius 2 is 1.79 bits per heavy atom. The average molecular weight is 514 g/mol. The van der Waals surface area contributed by atoms with Crippen LogP contribution in [0.5, 0.6) is 11.5 Å². The number of hydrogen-bond donors (Lipinski definition) is 1. The molecule has 0 radical (unpaired) electrons. The molecule has 0 bridgehead atoms. The van der Waals surface area contributed by atoms with E-state index in [0.717, 1.165) is 5.56 Å². The van der Waals surface area contributed by atoms with E-state index in [1.54, 1.807) is 73.9 Å². The van der Waals surface area contributed by atoms with Crippen molar-refractivity contribution < 1.29 is 28.6 Å². The van der Waals surface area contributed by atoms with Crippen LogP contribution in [0.4, 0.5) is 5.69 Å². The first-order valence-electron chi connectivity index (χ1n) is 11.8. The number of para-hydroxylation sites is 2. The van der Waals surface area contributed by atoms with Gasteiger partial charge in [0, 0.05) is 18.1 Å². The van der Waals surface area contributed by atoms with Crippen LogP contribution in [0.25, 0.3) is 6.08 Å². The molecule has 0 fully saturated rings. The first kappa shape index (κ1) is 26.2. The van der Waals surface area contributed by atoms with Gasteiger partial charge in [-0.15, -0.1) is 0 Å². The molecule has 9 heteroatoms. The number of amides is 2. The summed E-state index contributed by atoms with van der Waals surface area (Å²) in [6.07, 6.45) is 4.97. The van der Waals surface area contributed by atoms with Gasteiger partial charge in [-0.05, 0) is 54.5 Å². The second-order valence-electron chi connectivity index (χ2n) is 8.37. The number of aromatic nitrogens is 1. The topological polar surface area (TPSA) is 107 Å². The predicted octanol–water partition coefficient (Wildman–Crippen LogP) is 3.98. The number of carbonyl (C=O) groups is 3. The smallest absolute Gasteiger partial charge is 0.340 e. The maximum atomic E-state index is 13.3. The number of carbonyl (C=O) groups excluding carboxylic acids is 3. The Morgan fingerprint density at radius 1 is 1.03 bits per heavy atom. The van der Waals surface area contributed by atoms with Crippen molar-refractivity contribution >= 4 is 29.5 Å². The van der Waals surface area contributed by atoms with Crippen molar-refractivity contribution in [2.75, 3.05) is 26.1 Å². The number of nitrogens with one attached hydrogen (secondary N) is 1. The van der Waals surface area contributed by atoms with Crippen LogP contribution in [0, 0.1) is 0 Å². The Morgan fingerprint density at radius 3 is 2.47 bits per heavy atom. The molecule has 2 aromatic carbocycles. The van der Waals surface area contributed by atoms with E-state index >= 15 is 0 Å². The van der Waals surface area contributed by atoms with Gasteiger partial charge in [0.1, 0.15) is 11.5 Å². The predicted molar refractivity (Wildman–Crippen MR) is 141 cm³/mol. The van der Waals surface area contributed by atoms with Gasteiger partial charge in [-0.2, -0.15) is 0 Å². The average Bonchev–Trinajstić information content (AvgIpc) is 3.17. The van der Waals surface area contributed by atoms with Crippen molar-refractivity contribution in [2.45, 2.75) is 13.5 Å². The molecule has 2 amide bonds. The molecule has 1 N–H and O–H groups in total. The molecule has 0 saturated heterocycles. The van der Waals surface area contributed by atoms with E-state index in [1.807, 2.05) is 12.1 Å². The third-order valence-electron chi connectivity index (χ3n) is 5.91. The fraction of sp³-hybridized carbons (Fsp3) is 0.172. The minimum Gasteiger partial charge on any atom is -0.495 e. The molecule has 194 valence electrons. The van der Waals surface area contributed by atoms with Gasteiger partial charge < -0.3 is 24.4 Å². The van der Waals surface area contributed by atoms with Gasteiger partial charge in [0.15, 0.2) is 6.61 Å². The van der Waals surface area contributed by atoms with Gasteiger partial charge in [-0.3, -0.25) is 14.6 Å². The number of nitrogens with zero attached hydrogens (tertiary/aromatic N) is 2. The molecular formula is C29H27N3O6. The molecule has 0 saturated carbocycles. The lowest BCUT2D eigenvalue weighted by Gasteiger charge is -2.17. The zero-order chi connectivity index (χ0) is 27.1. The van der Waals surface area contributed by atoms with Crippen LogP contribution < -0.4 is 14.8 Å². The molecule has 2 heterocycles. The zero-order valence-corrected chi connectivity index (χ0v) is 21.3. The lowest BCUT2D eigenvalue weighted by Crippen LogP contribution is -2.24. The molecule has 3 aromatic rings. The number of esters is 1. The minimum atomic E-state index is -0.586. The molecule has 9 nitrogen and oxygen atoms in total. The van der Waals surface area contributed by atoms with Crippen molar-refractivity contribution in [2.24, 2.45) is 0 Å². The summed E-state index contributed by atoms with van der Waals surface area (Å²) in [6, 6.07) is 17.6. The quantitative estimate of drug-likeness (QED) is 0.341. The second-order valence-corrected chi connectivity index (χ2v) is 8.37. The fourth-order valence-electron chi connectivity index (χ4n) is 4.00. The van der Waals surface area contributed by atoms with Gasteiger partial charge in [-0.25, -0.2) is 4.79 Å². The number of anilines is 1. The molecule has 1 aliphatic rings. The minimum absolute atomic E-state index is 0.200. The maximum Gasteiger partial charge on any atom is 0.340 e. The van der Waals surface area contributed by atoms with Gasteiger partial charge in [-0.1, -0.05) is 30.3 Å². The summed E-state index contributed by atoms with van der Waals surface area (Å²) in [5, 5.41) is 2.75. The largest absolute Gasteiger partial charge is 0.495 e. The Bertz CT molecular complexity index is 1400. The van der Waals surface area contributed by atoms with Crippen molar-refractivity contribution in [3.8, 4) is 11.5 Å². The van der Waals surface area contributed by atoms with Crippen molar-refractivity contribution in [3.63, 3.8) is 0 Å². The molecule has 38 heavy (non-hydrogen) atoms.